The Morgan fingerprint density at radius 3 is 2.80 bits per heavy atom. The molecule has 1 atom stereocenters. The maximum atomic E-state index is 13.2. The van der Waals surface area contributed by atoms with E-state index in [1.54, 1.807) is 6.07 Å². The summed E-state index contributed by atoms with van der Waals surface area (Å²) >= 11 is 5.78. The van der Waals surface area contributed by atoms with Gasteiger partial charge in [0, 0.05) is 0 Å². The van der Waals surface area contributed by atoms with Crippen molar-refractivity contribution in [2.75, 3.05) is 7.11 Å². The van der Waals surface area contributed by atoms with Crippen molar-refractivity contribution in [1.29, 1.82) is 0 Å². The number of ether oxygens (including phenoxy) is 1. The average Bonchev–Trinajstić information content (AvgIpc) is 2.16. The van der Waals surface area contributed by atoms with Crippen molar-refractivity contribution >= 4 is 17.6 Å². The van der Waals surface area contributed by atoms with Gasteiger partial charge in [-0.3, -0.25) is 4.79 Å². The van der Waals surface area contributed by atoms with Crippen LogP contribution in [0.15, 0.2) is 18.2 Å². The van der Waals surface area contributed by atoms with Crippen LogP contribution in [0.2, 0.25) is 0 Å². The van der Waals surface area contributed by atoms with E-state index in [2.05, 4.69) is 0 Å². The van der Waals surface area contributed by atoms with E-state index in [1.165, 1.54) is 19.2 Å². The molecule has 15 heavy (non-hydrogen) atoms. The molecule has 0 aliphatic rings. The summed E-state index contributed by atoms with van der Waals surface area (Å²) in [6.45, 7) is 0. The number of carboxylic acids is 1. The molecule has 0 radical (unpaired) electrons. The van der Waals surface area contributed by atoms with Gasteiger partial charge in [0.15, 0.2) is 11.6 Å². The average molecular weight is 233 g/mol. The molecule has 1 aromatic carbocycles. The third kappa shape index (κ3) is 3.09. The van der Waals surface area contributed by atoms with Gasteiger partial charge >= 0.3 is 5.97 Å². The summed E-state index contributed by atoms with van der Waals surface area (Å²) in [5.41, 5.74) is 0.428. The number of alkyl halides is 1. The number of aliphatic carboxylic acids is 1. The number of carboxylic acid groups (broad SMARTS) is 1. The van der Waals surface area contributed by atoms with Crippen molar-refractivity contribution in [2.24, 2.45) is 0 Å². The second-order valence-corrected chi connectivity index (χ2v) is 3.49. The second kappa shape index (κ2) is 4.98. The van der Waals surface area contributed by atoms with Crippen LogP contribution in [0.5, 0.6) is 5.75 Å². The highest BCUT2D eigenvalue weighted by Gasteiger charge is 2.14. The number of benzene rings is 1. The van der Waals surface area contributed by atoms with Gasteiger partial charge in [-0.1, -0.05) is 6.07 Å². The van der Waals surface area contributed by atoms with E-state index in [1.807, 2.05) is 0 Å². The first-order valence-electron chi connectivity index (χ1n) is 4.24. The lowest BCUT2D eigenvalue weighted by atomic mass is 10.1. The van der Waals surface area contributed by atoms with Crippen LogP contribution in [0.3, 0.4) is 0 Å². The third-order valence-electron chi connectivity index (χ3n) is 1.89. The number of halogens is 2. The van der Waals surface area contributed by atoms with Gasteiger partial charge in [0.05, 0.1) is 18.9 Å². The van der Waals surface area contributed by atoms with Crippen LogP contribution in [-0.2, 0) is 4.79 Å². The van der Waals surface area contributed by atoms with Crippen LogP contribution in [0.1, 0.15) is 17.4 Å². The molecule has 0 aliphatic carbocycles. The second-order valence-electron chi connectivity index (χ2n) is 2.96. The molecule has 1 unspecified atom stereocenters. The third-order valence-corrected chi connectivity index (χ3v) is 2.30. The van der Waals surface area contributed by atoms with Crippen molar-refractivity contribution < 1.29 is 19.0 Å². The summed E-state index contributed by atoms with van der Waals surface area (Å²) in [5.74, 6) is -1.46. The fraction of sp³-hybridized carbons (Fsp3) is 0.300. The molecule has 0 bridgehead atoms. The fourth-order valence-corrected chi connectivity index (χ4v) is 1.42. The minimum absolute atomic E-state index is 0.109. The van der Waals surface area contributed by atoms with Crippen molar-refractivity contribution in [3.05, 3.63) is 29.6 Å². The lowest BCUT2D eigenvalue weighted by Crippen LogP contribution is -2.01. The summed E-state index contributed by atoms with van der Waals surface area (Å²) in [4.78, 5) is 10.4. The van der Waals surface area contributed by atoms with E-state index in [9.17, 15) is 9.18 Å². The zero-order chi connectivity index (χ0) is 11.4. The molecule has 1 aromatic rings. The molecule has 1 N–H and O–H groups in total. The SMILES string of the molecule is COc1ccc(C(Cl)CC(=O)O)cc1F. The van der Waals surface area contributed by atoms with E-state index < -0.39 is 17.2 Å². The van der Waals surface area contributed by atoms with E-state index in [4.69, 9.17) is 21.4 Å². The molecule has 0 heterocycles. The molecule has 3 nitrogen and oxygen atoms in total. The standard InChI is InChI=1S/C10H10ClFO3/c1-15-9-3-2-6(4-8(9)12)7(11)5-10(13)14/h2-4,7H,5H2,1H3,(H,13,14). The molecule has 1 rings (SSSR count). The summed E-state index contributed by atoms with van der Waals surface area (Å²) in [6.07, 6.45) is -0.243. The van der Waals surface area contributed by atoms with Crippen molar-refractivity contribution in [2.45, 2.75) is 11.8 Å². The van der Waals surface area contributed by atoms with E-state index in [0.717, 1.165) is 0 Å². The molecule has 0 amide bonds. The van der Waals surface area contributed by atoms with Gasteiger partial charge in [-0.15, -0.1) is 11.6 Å². The Balaban J connectivity index is 2.87. The number of hydrogen-bond acceptors (Lipinski definition) is 2. The Morgan fingerprint density at radius 1 is 1.67 bits per heavy atom. The molecule has 0 spiro atoms. The molecule has 0 fully saturated rings. The van der Waals surface area contributed by atoms with Crippen LogP contribution in [-0.4, -0.2) is 18.2 Å². The van der Waals surface area contributed by atoms with Gasteiger partial charge in [-0.05, 0) is 17.7 Å². The zero-order valence-electron chi connectivity index (χ0n) is 8.04. The lowest BCUT2D eigenvalue weighted by molar-refractivity contribution is -0.137. The van der Waals surface area contributed by atoms with Crippen LogP contribution in [0.25, 0.3) is 0 Å². The molecule has 0 saturated carbocycles. The van der Waals surface area contributed by atoms with Crippen LogP contribution >= 0.6 is 11.6 Å². The van der Waals surface area contributed by atoms with E-state index >= 15 is 0 Å². The number of hydrogen-bond donors (Lipinski definition) is 1. The Morgan fingerprint density at radius 2 is 2.33 bits per heavy atom. The number of methoxy groups -OCH3 is 1. The smallest absolute Gasteiger partial charge is 0.305 e. The molecule has 82 valence electrons. The number of carbonyl (C=O) groups is 1. The highest BCUT2D eigenvalue weighted by molar-refractivity contribution is 6.21. The Kier molecular flexibility index (Phi) is 3.91. The zero-order valence-corrected chi connectivity index (χ0v) is 8.79. The highest BCUT2D eigenvalue weighted by Crippen LogP contribution is 2.27. The lowest BCUT2D eigenvalue weighted by Gasteiger charge is -2.08. The van der Waals surface area contributed by atoms with Crippen molar-refractivity contribution in [3.8, 4) is 5.75 Å². The van der Waals surface area contributed by atoms with Gasteiger partial charge < -0.3 is 9.84 Å². The van der Waals surface area contributed by atoms with Crippen LogP contribution in [0, 0.1) is 5.82 Å². The first kappa shape index (κ1) is 11.8. The van der Waals surface area contributed by atoms with Crippen molar-refractivity contribution in [1.82, 2.24) is 0 Å². The van der Waals surface area contributed by atoms with Crippen LogP contribution in [0.4, 0.5) is 4.39 Å². The summed E-state index contributed by atoms with van der Waals surface area (Å²) in [6, 6.07) is 4.14. The Labute approximate surface area is 91.4 Å². The topological polar surface area (TPSA) is 46.5 Å². The quantitative estimate of drug-likeness (QED) is 0.812. The first-order valence-corrected chi connectivity index (χ1v) is 4.67. The Bertz CT molecular complexity index is 368. The first-order chi connectivity index (χ1) is 7.04. The van der Waals surface area contributed by atoms with Gasteiger partial charge in [0.1, 0.15) is 0 Å². The molecular weight excluding hydrogens is 223 g/mol. The van der Waals surface area contributed by atoms with Crippen molar-refractivity contribution in [3.63, 3.8) is 0 Å². The summed E-state index contributed by atoms with van der Waals surface area (Å²) in [7, 11) is 1.35. The highest BCUT2D eigenvalue weighted by atomic mass is 35.5. The van der Waals surface area contributed by atoms with Gasteiger partial charge in [-0.2, -0.15) is 0 Å². The maximum absolute atomic E-state index is 13.2. The fourth-order valence-electron chi connectivity index (χ4n) is 1.15. The summed E-state index contributed by atoms with van der Waals surface area (Å²) in [5, 5.41) is 7.78. The summed E-state index contributed by atoms with van der Waals surface area (Å²) < 4.78 is 17.9. The predicted octanol–water partition coefficient (Wildman–Crippen LogP) is 2.59. The van der Waals surface area contributed by atoms with Crippen LogP contribution < -0.4 is 4.74 Å². The largest absolute Gasteiger partial charge is 0.494 e. The van der Waals surface area contributed by atoms with Gasteiger partial charge in [-0.25, -0.2) is 4.39 Å². The van der Waals surface area contributed by atoms with Gasteiger partial charge in [0.25, 0.3) is 0 Å². The molecule has 0 saturated heterocycles. The molecule has 0 aromatic heterocycles. The van der Waals surface area contributed by atoms with Gasteiger partial charge in [0.2, 0.25) is 0 Å². The monoisotopic (exact) mass is 232 g/mol. The predicted molar refractivity (Wildman–Crippen MR) is 53.8 cm³/mol. The number of rotatable bonds is 4. The van der Waals surface area contributed by atoms with E-state index in [-0.39, 0.29) is 12.2 Å². The van der Waals surface area contributed by atoms with E-state index in [0.29, 0.717) is 5.56 Å². The molecule has 5 heteroatoms. The minimum atomic E-state index is -1.02. The normalized spacial score (nSPS) is 12.2. The minimum Gasteiger partial charge on any atom is -0.494 e. The maximum Gasteiger partial charge on any atom is 0.305 e. The Hall–Kier alpha value is -1.29. The molecular formula is C10H10ClFO3. The molecule has 0 aliphatic heterocycles.